The maximum Gasteiger partial charge on any atom is 0.251 e. The second-order valence-electron chi connectivity index (χ2n) is 4.62. The molecular formula is C13H18N2O2. The number of nitrogens with one attached hydrogen (secondary N) is 1. The van der Waals surface area contributed by atoms with E-state index in [1.165, 1.54) is 0 Å². The first-order valence-electron chi connectivity index (χ1n) is 6.08. The lowest BCUT2D eigenvalue weighted by atomic mass is 9.92. The van der Waals surface area contributed by atoms with Crippen LogP contribution in [0.1, 0.15) is 41.7 Å². The van der Waals surface area contributed by atoms with Crippen LogP contribution >= 0.6 is 0 Å². The molecule has 1 amide bonds. The lowest BCUT2D eigenvalue weighted by Crippen LogP contribution is -2.45. The van der Waals surface area contributed by atoms with Crippen LogP contribution in [0.4, 0.5) is 0 Å². The van der Waals surface area contributed by atoms with E-state index in [4.69, 9.17) is 0 Å². The summed E-state index contributed by atoms with van der Waals surface area (Å²) in [6.07, 6.45) is 4.97. The van der Waals surface area contributed by atoms with Crippen molar-refractivity contribution >= 4 is 5.91 Å². The van der Waals surface area contributed by atoms with Crippen LogP contribution in [0.3, 0.4) is 0 Å². The van der Waals surface area contributed by atoms with Gasteiger partial charge in [0.2, 0.25) is 0 Å². The zero-order valence-corrected chi connectivity index (χ0v) is 10.0. The predicted molar refractivity (Wildman–Crippen MR) is 64.7 cm³/mol. The van der Waals surface area contributed by atoms with Crippen molar-refractivity contribution in [2.75, 3.05) is 0 Å². The highest BCUT2D eigenvalue weighted by Gasteiger charge is 2.24. The molecule has 1 aliphatic rings. The normalized spacial score (nSPS) is 24.4. The van der Waals surface area contributed by atoms with E-state index in [1.807, 2.05) is 6.92 Å². The van der Waals surface area contributed by atoms with Gasteiger partial charge in [0, 0.05) is 17.5 Å². The summed E-state index contributed by atoms with van der Waals surface area (Å²) in [6.45, 7) is 1.85. The molecule has 0 aliphatic heterocycles. The zero-order valence-electron chi connectivity index (χ0n) is 10.0. The molecule has 4 heteroatoms. The minimum absolute atomic E-state index is 0.107. The minimum Gasteiger partial charge on any atom is -0.391 e. The third-order valence-electron chi connectivity index (χ3n) is 3.20. The van der Waals surface area contributed by atoms with Gasteiger partial charge in [0.25, 0.3) is 5.91 Å². The van der Waals surface area contributed by atoms with Crippen molar-refractivity contribution in [3.8, 4) is 0 Å². The molecule has 1 heterocycles. The second kappa shape index (κ2) is 5.27. The highest BCUT2D eigenvalue weighted by atomic mass is 16.3. The van der Waals surface area contributed by atoms with Gasteiger partial charge >= 0.3 is 0 Å². The Labute approximate surface area is 101 Å². The van der Waals surface area contributed by atoms with E-state index in [1.54, 1.807) is 18.3 Å². The molecule has 4 nitrogen and oxygen atoms in total. The SMILES string of the molecule is Cc1cc(C(=O)NC2CCCCC2O)ccn1. The zero-order chi connectivity index (χ0) is 12.3. The number of nitrogens with zero attached hydrogens (tertiary/aromatic N) is 1. The van der Waals surface area contributed by atoms with Gasteiger partial charge in [-0.1, -0.05) is 12.8 Å². The molecule has 0 bridgehead atoms. The molecule has 2 unspecified atom stereocenters. The Morgan fingerprint density at radius 1 is 1.47 bits per heavy atom. The summed E-state index contributed by atoms with van der Waals surface area (Å²) in [5.74, 6) is -0.124. The molecule has 1 aliphatic carbocycles. The van der Waals surface area contributed by atoms with Gasteiger partial charge in [-0.15, -0.1) is 0 Å². The number of carbonyl (C=O) groups is 1. The molecule has 0 spiro atoms. The van der Waals surface area contributed by atoms with Gasteiger partial charge < -0.3 is 10.4 Å². The maximum atomic E-state index is 12.0. The van der Waals surface area contributed by atoms with Crippen LogP contribution in [0.2, 0.25) is 0 Å². The molecule has 0 aromatic carbocycles. The number of pyridine rings is 1. The Kier molecular flexibility index (Phi) is 3.74. The van der Waals surface area contributed by atoms with Crippen LogP contribution in [0.15, 0.2) is 18.3 Å². The Balaban J connectivity index is 2.01. The third kappa shape index (κ3) is 3.03. The number of aryl methyl sites for hydroxylation is 1. The first-order chi connectivity index (χ1) is 8.16. The molecule has 2 rings (SSSR count). The Bertz CT molecular complexity index is 406. The van der Waals surface area contributed by atoms with E-state index >= 15 is 0 Å². The quantitative estimate of drug-likeness (QED) is 0.813. The monoisotopic (exact) mass is 234 g/mol. The summed E-state index contributed by atoms with van der Waals surface area (Å²) in [4.78, 5) is 16.0. The van der Waals surface area contributed by atoms with Gasteiger partial charge in [-0.05, 0) is 31.9 Å². The summed E-state index contributed by atoms with van der Waals surface area (Å²) < 4.78 is 0. The number of rotatable bonds is 2. The summed E-state index contributed by atoms with van der Waals surface area (Å²) in [6, 6.07) is 3.34. The van der Waals surface area contributed by atoms with Gasteiger partial charge in [0.15, 0.2) is 0 Å². The van der Waals surface area contributed by atoms with Crippen LogP contribution in [-0.4, -0.2) is 28.1 Å². The molecule has 2 N–H and O–H groups in total. The number of carbonyl (C=O) groups excluding carboxylic acids is 1. The van der Waals surface area contributed by atoms with Crippen LogP contribution in [-0.2, 0) is 0 Å². The highest BCUT2D eigenvalue weighted by Crippen LogP contribution is 2.18. The van der Waals surface area contributed by atoms with Gasteiger partial charge in [0.1, 0.15) is 0 Å². The Morgan fingerprint density at radius 2 is 2.24 bits per heavy atom. The molecule has 1 saturated carbocycles. The summed E-state index contributed by atoms with van der Waals surface area (Å²) in [5, 5.41) is 12.7. The molecular weight excluding hydrogens is 216 g/mol. The van der Waals surface area contributed by atoms with Gasteiger partial charge in [-0.3, -0.25) is 9.78 Å². The number of aliphatic hydroxyl groups is 1. The van der Waals surface area contributed by atoms with Crippen molar-refractivity contribution in [1.29, 1.82) is 0 Å². The van der Waals surface area contributed by atoms with E-state index in [0.29, 0.717) is 5.56 Å². The van der Waals surface area contributed by atoms with Crippen molar-refractivity contribution in [3.63, 3.8) is 0 Å². The summed E-state index contributed by atoms with van der Waals surface area (Å²) >= 11 is 0. The molecule has 92 valence electrons. The molecule has 17 heavy (non-hydrogen) atoms. The molecule has 0 radical (unpaired) electrons. The first kappa shape index (κ1) is 12.0. The number of aromatic nitrogens is 1. The summed E-state index contributed by atoms with van der Waals surface area (Å²) in [7, 11) is 0. The average molecular weight is 234 g/mol. The van der Waals surface area contributed by atoms with Crippen molar-refractivity contribution < 1.29 is 9.90 Å². The number of amides is 1. The fraction of sp³-hybridized carbons (Fsp3) is 0.538. The lowest BCUT2D eigenvalue weighted by Gasteiger charge is -2.28. The average Bonchev–Trinajstić information content (AvgIpc) is 2.32. The van der Waals surface area contributed by atoms with Crippen molar-refractivity contribution in [1.82, 2.24) is 10.3 Å². The number of hydrogen-bond donors (Lipinski definition) is 2. The van der Waals surface area contributed by atoms with Gasteiger partial charge in [-0.2, -0.15) is 0 Å². The van der Waals surface area contributed by atoms with Crippen molar-refractivity contribution in [3.05, 3.63) is 29.6 Å². The number of hydrogen-bond acceptors (Lipinski definition) is 3. The molecule has 2 atom stereocenters. The van der Waals surface area contributed by atoms with Crippen LogP contribution in [0.5, 0.6) is 0 Å². The predicted octanol–water partition coefficient (Wildman–Crippen LogP) is 1.42. The van der Waals surface area contributed by atoms with Crippen LogP contribution < -0.4 is 5.32 Å². The Morgan fingerprint density at radius 3 is 2.94 bits per heavy atom. The van der Waals surface area contributed by atoms with E-state index in [9.17, 15) is 9.90 Å². The minimum atomic E-state index is -0.407. The number of aliphatic hydroxyl groups excluding tert-OH is 1. The van der Waals surface area contributed by atoms with E-state index < -0.39 is 6.10 Å². The third-order valence-corrected chi connectivity index (χ3v) is 3.20. The van der Waals surface area contributed by atoms with Crippen LogP contribution in [0, 0.1) is 6.92 Å². The van der Waals surface area contributed by atoms with Gasteiger partial charge in [-0.25, -0.2) is 0 Å². The van der Waals surface area contributed by atoms with Crippen molar-refractivity contribution in [2.24, 2.45) is 0 Å². The van der Waals surface area contributed by atoms with Crippen LogP contribution in [0.25, 0.3) is 0 Å². The van der Waals surface area contributed by atoms with Gasteiger partial charge in [0.05, 0.1) is 12.1 Å². The lowest BCUT2D eigenvalue weighted by molar-refractivity contribution is 0.0717. The largest absolute Gasteiger partial charge is 0.391 e. The first-order valence-corrected chi connectivity index (χ1v) is 6.08. The fourth-order valence-electron chi connectivity index (χ4n) is 2.22. The van der Waals surface area contributed by atoms with E-state index in [2.05, 4.69) is 10.3 Å². The molecule has 0 saturated heterocycles. The highest BCUT2D eigenvalue weighted by molar-refractivity contribution is 5.94. The summed E-state index contributed by atoms with van der Waals surface area (Å²) in [5.41, 5.74) is 1.43. The van der Waals surface area contributed by atoms with Crippen molar-refractivity contribution in [2.45, 2.75) is 44.8 Å². The molecule has 1 aromatic rings. The topological polar surface area (TPSA) is 62.2 Å². The Hall–Kier alpha value is -1.42. The fourth-order valence-corrected chi connectivity index (χ4v) is 2.22. The smallest absolute Gasteiger partial charge is 0.251 e. The standard InChI is InChI=1S/C13H18N2O2/c1-9-8-10(6-7-14-9)13(17)15-11-4-2-3-5-12(11)16/h6-8,11-12,16H,2-5H2,1H3,(H,15,17). The second-order valence-corrected chi connectivity index (χ2v) is 4.62. The molecule has 1 aromatic heterocycles. The van der Waals surface area contributed by atoms with E-state index in [-0.39, 0.29) is 11.9 Å². The van der Waals surface area contributed by atoms with E-state index in [0.717, 1.165) is 31.4 Å². The molecule has 1 fully saturated rings. The maximum absolute atomic E-state index is 12.0.